The van der Waals surface area contributed by atoms with E-state index in [9.17, 15) is 0 Å². The second-order valence-corrected chi connectivity index (χ2v) is 3.90. The smallest absolute Gasteiger partial charge is 0.126 e. The van der Waals surface area contributed by atoms with Crippen LogP contribution in [0.5, 0.6) is 5.75 Å². The second kappa shape index (κ2) is 4.71. The number of aryl methyl sites for hydroxylation is 1. The topological polar surface area (TPSA) is 33.0 Å². The lowest BCUT2D eigenvalue weighted by Gasteiger charge is -2.09. The van der Waals surface area contributed by atoms with Crippen LogP contribution in [0.25, 0.3) is 11.1 Å². The van der Waals surface area contributed by atoms with Gasteiger partial charge in [-0.1, -0.05) is 24.3 Å². The van der Waals surface area contributed by atoms with E-state index < -0.39 is 0 Å². The van der Waals surface area contributed by atoms with Crippen LogP contribution in [0.3, 0.4) is 0 Å². The maximum absolute atomic E-state index is 8.90. The molecule has 0 unspecified atom stereocenters. The fraction of sp³-hybridized carbons (Fsp3) is 0.133. The first-order valence-corrected chi connectivity index (χ1v) is 5.40. The summed E-state index contributed by atoms with van der Waals surface area (Å²) in [5.74, 6) is 0.833. The third-order valence-corrected chi connectivity index (χ3v) is 2.66. The molecule has 0 saturated carbocycles. The molecule has 2 rings (SSSR count). The molecule has 0 fully saturated rings. The molecule has 0 radical (unpaired) electrons. The summed E-state index contributed by atoms with van der Waals surface area (Å²) in [6, 6.07) is 15.7. The van der Waals surface area contributed by atoms with Crippen molar-refractivity contribution in [2.45, 2.75) is 6.92 Å². The fourth-order valence-electron chi connectivity index (χ4n) is 1.79. The van der Waals surface area contributed by atoms with Crippen molar-refractivity contribution in [3.8, 4) is 22.9 Å². The van der Waals surface area contributed by atoms with Crippen molar-refractivity contribution in [2.24, 2.45) is 0 Å². The number of benzene rings is 2. The lowest BCUT2D eigenvalue weighted by atomic mass is 10.0. The van der Waals surface area contributed by atoms with E-state index in [-0.39, 0.29) is 0 Å². The molecule has 0 atom stereocenters. The predicted molar refractivity (Wildman–Crippen MR) is 67.9 cm³/mol. The third kappa shape index (κ3) is 2.29. The number of methoxy groups -OCH3 is 1. The predicted octanol–water partition coefficient (Wildman–Crippen LogP) is 3.54. The van der Waals surface area contributed by atoms with E-state index in [0.717, 1.165) is 22.4 Å². The summed E-state index contributed by atoms with van der Waals surface area (Å²) >= 11 is 0. The molecule has 17 heavy (non-hydrogen) atoms. The zero-order valence-corrected chi connectivity index (χ0v) is 9.90. The van der Waals surface area contributed by atoms with Crippen LogP contribution in [0.2, 0.25) is 0 Å². The van der Waals surface area contributed by atoms with Crippen molar-refractivity contribution in [1.82, 2.24) is 0 Å². The van der Waals surface area contributed by atoms with Gasteiger partial charge in [0.25, 0.3) is 0 Å². The van der Waals surface area contributed by atoms with E-state index in [1.54, 1.807) is 13.2 Å². The summed E-state index contributed by atoms with van der Waals surface area (Å²) in [6.45, 7) is 2.03. The molecular formula is C15H13NO. The minimum absolute atomic E-state index is 0.658. The van der Waals surface area contributed by atoms with Gasteiger partial charge in [-0.3, -0.25) is 0 Å². The summed E-state index contributed by atoms with van der Waals surface area (Å²) in [7, 11) is 1.66. The Labute approximate surface area is 101 Å². The highest BCUT2D eigenvalue weighted by Gasteiger charge is 2.06. The van der Waals surface area contributed by atoms with Gasteiger partial charge in [0.1, 0.15) is 5.75 Å². The van der Waals surface area contributed by atoms with Gasteiger partial charge < -0.3 is 4.74 Å². The van der Waals surface area contributed by atoms with Crippen molar-refractivity contribution in [3.63, 3.8) is 0 Å². The van der Waals surface area contributed by atoms with E-state index in [4.69, 9.17) is 10.00 Å². The summed E-state index contributed by atoms with van der Waals surface area (Å²) in [4.78, 5) is 0. The van der Waals surface area contributed by atoms with Crippen molar-refractivity contribution in [2.75, 3.05) is 7.11 Å². The lowest BCUT2D eigenvalue weighted by molar-refractivity contribution is 0.416. The van der Waals surface area contributed by atoms with Gasteiger partial charge in [0.2, 0.25) is 0 Å². The SMILES string of the molecule is COc1cc(C)ccc1-c1cccc(C#N)c1. The Kier molecular flexibility index (Phi) is 3.11. The van der Waals surface area contributed by atoms with Gasteiger partial charge in [-0.25, -0.2) is 0 Å². The highest BCUT2D eigenvalue weighted by molar-refractivity contribution is 5.72. The molecule has 0 bridgehead atoms. The number of rotatable bonds is 2. The van der Waals surface area contributed by atoms with Gasteiger partial charge in [0.05, 0.1) is 18.7 Å². The summed E-state index contributed by atoms with van der Waals surface area (Å²) in [5.41, 5.74) is 3.82. The Morgan fingerprint density at radius 1 is 1.12 bits per heavy atom. The number of nitrogens with zero attached hydrogens (tertiary/aromatic N) is 1. The monoisotopic (exact) mass is 223 g/mol. The van der Waals surface area contributed by atoms with E-state index in [1.807, 2.05) is 43.3 Å². The van der Waals surface area contributed by atoms with Crippen LogP contribution < -0.4 is 4.74 Å². The Balaban J connectivity index is 2.56. The molecule has 0 aliphatic heterocycles. The highest BCUT2D eigenvalue weighted by Crippen LogP contribution is 2.31. The molecule has 0 aliphatic carbocycles. The first-order valence-electron chi connectivity index (χ1n) is 5.40. The Hall–Kier alpha value is -2.27. The zero-order valence-electron chi connectivity index (χ0n) is 9.90. The highest BCUT2D eigenvalue weighted by atomic mass is 16.5. The van der Waals surface area contributed by atoms with Crippen LogP contribution in [-0.2, 0) is 0 Å². The number of hydrogen-bond acceptors (Lipinski definition) is 2. The molecule has 0 spiro atoms. The van der Waals surface area contributed by atoms with Crippen molar-refractivity contribution >= 4 is 0 Å². The molecule has 0 saturated heterocycles. The molecule has 2 aromatic carbocycles. The molecule has 0 heterocycles. The average Bonchev–Trinajstić information content (AvgIpc) is 2.38. The fourth-order valence-corrected chi connectivity index (χ4v) is 1.79. The van der Waals surface area contributed by atoms with Gasteiger partial charge in [-0.2, -0.15) is 5.26 Å². The Bertz CT molecular complexity index is 582. The molecule has 84 valence electrons. The molecule has 0 N–H and O–H groups in total. The maximum Gasteiger partial charge on any atom is 0.126 e. The van der Waals surface area contributed by atoms with Gasteiger partial charge in [0, 0.05) is 5.56 Å². The standard InChI is InChI=1S/C15H13NO/c1-11-6-7-14(15(8-11)17-2)13-5-3-4-12(9-13)10-16/h3-9H,1-2H3. The van der Waals surface area contributed by atoms with Crippen molar-refractivity contribution < 1.29 is 4.74 Å². The second-order valence-electron chi connectivity index (χ2n) is 3.90. The molecule has 2 aromatic rings. The van der Waals surface area contributed by atoms with E-state index in [2.05, 4.69) is 6.07 Å². The minimum atomic E-state index is 0.658. The molecule has 2 nitrogen and oxygen atoms in total. The molecule has 2 heteroatoms. The summed E-state index contributed by atoms with van der Waals surface area (Å²) in [5, 5.41) is 8.90. The first kappa shape index (κ1) is 11.2. The number of hydrogen-bond donors (Lipinski definition) is 0. The van der Waals surface area contributed by atoms with Crippen LogP contribution in [-0.4, -0.2) is 7.11 Å². The average molecular weight is 223 g/mol. The van der Waals surface area contributed by atoms with Crippen LogP contribution in [0.4, 0.5) is 0 Å². The van der Waals surface area contributed by atoms with Crippen LogP contribution in [0, 0.1) is 18.3 Å². The molecule has 0 amide bonds. The van der Waals surface area contributed by atoms with E-state index in [0.29, 0.717) is 5.56 Å². The first-order chi connectivity index (χ1) is 8.24. The van der Waals surface area contributed by atoms with Gasteiger partial charge in [-0.15, -0.1) is 0 Å². The van der Waals surface area contributed by atoms with Crippen molar-refractivity contribution in [3.05, 3.63) is 53.6 Å². The van der Waals surface area contributed by atoms with Gasteiger partial charge >= 0.3 is 0 Å². The minimum Gasteiger partial charge on any atom is -0.496 e. The third-order valence-electron chi connectivity index (χ3n) is 2.66. The molecule has 0 aromatic heterocycles. The summed E-state index contributed by atoms with van der Waals surface area (Å²) in [6.07, 6.45) is 0. The number of ether oxygens (including phenoxy) is 1. The maximum atomic E-state index is 8.90. The van der Waals surface area contributed by atoms with Gasteiger partial charge in [0.15, 0.2) is 0 Å². The van der Waals surface area contributed by atoms with Gasteiger partial charge in [-0.05, 0) is 36.2 Å². The van der Waals surface area contributed by atoms with Crippen LogP contribution in [0.1, 0.15) is 11.1 Å². The molecular weight excluding hydrogens is 210 g/mol. The van der Waals surface area contributed by atoms with Crippen LogP contribution in [0.15, 0.2) is 42.5 Å². The lowest BCUT2D eigenvalue weighted by Crippen LogP contribution is -1.89. The quantitative estimate of drug-likeness (QED) is 0.780. The Morgan fingerprint density at radius 3 is 2.65 bits per heavy atom. The number of nitriles is 1. The Morgan fingerprint density at radius 2 is 1.94 bits per heavy atom. The zero-order chi connectivity index (χ0) is 12.3. The van der Waals surface area contributed by atoms with E-state index in [1.165, 1.54) is 0 Å². The normalized spacial score (nSPS) is 9.71. The van der Waals surface area contributed by atoms with Crippen LogP contribution >= 0.6 is 0 Å². The molecule has 0 aliphatic rings. The van der Waals surface area contributed by atoms with E-state index >= 15 is 0 Å². The van der Waals surface area contributed by atoms with Crippen molar-refractivity contribution in [1.29, 1.82) is 5.26 Å². The summed E-state index contributed by atoms with van der Waals surface area (Å²) < 4.78 is 5.37. The largest absolute Gasteiger partial charge is 0.496 e.